The van der Waals surface area contributed by atoms with Crippen molar-refractivity contribution >= 4 is 23.4 Å². The summed E-state index contributed by atoms with van der Waals surface area (Å²) in [5.74, 6) is -1.43. The van der Waals surface area contributed by atoms with Gasteiger partial charge in [0.05, 0.1) is 4.92 Å². The van der Waals surface area contributed by atoms with E-state index in [-0.39, 0.29) is 17.3 Å². The summed E-state index contributed by atoms with van der Waals surface area (Å²) in [5, 5.41) is 24.2. The minimum absolute atomic E-state index is 0.165. The molecule has 0 radical (unpaired) electrons. The molecule has 1 aromatic rings. The number of amides is 2. The van der Waals surface area contributed by atoms with Gasteiger partial charge in [0.1, 0.15) is 6.04 Å². The second-order valence-corrected chi connectivity index (χ2v) is 4.47. The van der Waals surface area contributed by atoms with Crippen molar-refractivity contribution in [2.45, 2.75) is 19.9 Å². The van der Waals surface area contributed by atoms with E-state index in [2.05, 4.69) is 10.6 Å². The van der Waals surface area contributed by atoms with Crippen LogP contribution >= 0.6 is 0 Å². The second kappa shape index (κ2) is 6.50. The predicted molar refractivity (Wildman–Crippen MR) is 71.5 cm³/mol. The molecule has 0 aliphatic carbocycles. The molecule has 8 nitrogen and oxygen atoms in total. The highest BCUT2D eigenvalue weighted by molar-refractivity contribution is 5.92. The highest BCUT2D eigenvalue weighted by Gasteiger charge is 2.23. The lowest BCUT2D eigenvalue weighted by atomic mass is 10.1. The van der Waals surface area contributed by atoms with Crippen LogP contribution in [-0.2, 0) is 4.79 Å². The summed E-state index contributed by atoms with van der Waals surface area (Å²) < 4.78 is 0. The molecule has 0 spiro atoms. The Hall–Kier alpha value is -2.64. The van der Waals surface area contributed by atoms with Crippen molar-refractivity contribution in [3.05, 3.63) is 34.4 Å². The molecule has 0 saturated carbocycles. The van der Waals surface area contributed by atoms with Crippen molar-refractivity contribution in [3.8, 4) is 0 Å². The Bertz CT molecular complexity index is 530. The van der Waals surface area contributed by atoms with Crippen molar-refractivity contribution in [2.24, 2.45) is 5.92 Å². The topological polar surface area (TPSA) is 122 Å². The number of nitro groups is 1. The highest BCUT2D eigenvalue weighted by Crippen LogP contribution is 2.16. The average Bonchev–Trinajstić information content (AvgIpc) is 2.35. The number of carboxylic acids is 1. The van der Waals surface area contributed by atoms with Crippen LogP contribution in [-0.4, -0.2) is 28.1 Å². The second-order valence-electron chi connectivity index (χ2n) is 4.47. The number of carbonyl (C=O) groups is 2. The van der Waals surface area contributed by atoms with Gasteiger partial charge < -0.3 is 15.7 Å². The molecule has 0 aromatic heterocycles. The monoisotopic (exact) mass is 281 g/mol. The van der Waals surface area contributed by atoms with Gasteiger partial charge in [-0.05, 0) is 12.0 Å². The number of urea groups is 1. The van der Waals surface area contributed by atoms with Crippen LogP contribution in [0.4, 0.5) is 16.2 Å². The first-order valence-corrected chi connectivity index (χ1v) is 5.86. The Balaban J connectivity index is 2.73. The number of rotatable bonds is 5. The van der Waals surface area contributed by atoms with Crippen molar-refractivity contribution in [1.82, 2.24) is 5.32 Å². The number of hydrogen-bond donors (Lipinski definition) is 3. The van der Waals surface area contributed by atoms with Gasteiger partial charge >= 0.3 is 12.0 Å². The first-order chi connectivity index (χ1) is 9.31. The van der Waals surface area contributed by atoms with E-state index in [0.717, 1.165) is 0 Å². The maximum Gasteiger partial charge on any atom is 0.326 e. The maximum absolute atomic E-state index is 11.7. The molecular formula is C12H15N3O5. The van der Waals surface area contributed by atoms with Gasteiger partial charge in [-0.25, -0.2) is 9.59 Å². The van der Waals surface area contributed by atoms with Crippen LogP contribution in [0.5, 0.6) is 0 Å². The number of carboxylic acid groups (broad SMARTS) is 1. The minimum Gasteiger partial charge on any atom is -0.480 e. The summed E-state index contributed by atoms with van der Waals surface area (Å²) in [7, 11) is 0. The van der Waals surface area contributed by atoms with Gasteiger partial charge in [-0.3, -0.25) is 10.1 Å². The van der Waals surface area contributed by atoms with Gasteiger partial charge in [0, 0.05) is 17.8 Å². The number of non-ortho nitro benzene ring substituents is 1. The Morgan fingerprint density at radius 3 is 2.50 bits per heavy atom. The van der Waals surface area contributed by atoms with Crippen molar-refractivity contribution < 1.29 is 19.6 Å². The number of nitrogens with zero attached hydrogens (tertiary/aromatic N) is 1. The van der Waals surface area contributed by atoms with Gasteiger partial charge in [0.2, 0.25) is 0 Å². The molecule has 0 heterocycles. The van der Waals surface area contributed by atoms with E-state index in [0.29, 0.717) is 0 Å². The van der Waals surface area contributed by atoms with E-state index in [1.165, 1.54) is 24.3 Å². The smallest absolute Gasteiger partial charge is 0.326 e. The normalized spacial score (nSPS) is 11.8. The predicted octanol–water partition coefficient (Wildman–Crippen LogP) is 1.83. The zero-order chi connectivity index (χ0) is 15.3. The molecule has 108 valence electrons. The molecule has 0 fully saturated rings. The van der Waals surface area contributed by atoms with Crippen LogP contribution in [0.3, 0.4) is 0 Å². The summed E-state index contributed by atoms with van der Waals surface area (Å²) in [5.41, 5.74) is 0.0473. The zero-order valence-corrected chi connectivity index (χ0v) is 11.0. The number of aliphatic carboxylic acids is 1. The molecule has 20 heavy (non-hydrogen) atoms. The number of nitro benzene ring substituents is 1. The van der Waals surface area contributed by atoms with Gasteiger partial charge in [0.25, 0.3) is 5.69 Å². The van der Waals surface area contributed by atoms with E-state index in [4.69, 9.17) is 5.11 Å². The summed E-state index contributed by atoms with van der Waals surface area (Å²) in [6.45, 7) is 3.32. The number of anilines is 1. The molecule has 0 unspecified atom stereocenters. The van der Waals surface area contributed by atoms with Crippen molar-refractivity contribution in [1.29, 1.82) is 0 Å². The van der Waals surface area contributed by atoms with Crippen LogP contribution in [0.15, 0.2) is 24.3 Å². The number of benzene rings is 1. The summed E-state index contributed by atoms with van der Waals surface area (Å²) >= 11 is 0. The molecule has 1 aromatic carbocycles. The first-order valence-electron chi connectivity index (χ1n) is 5.86. The third-order valence-corrected chi connectivity index (χ3v) is 2.53. The molecule has 1 rings (SSSR count). The Morgan fingerprint density at radius 1 is 1.35 bits per heavy atom. The third-order valence-electron chi connectivity index (χ3n) is 2.53. The Labute approximate surface area is 114 Å². The lowest BCUT2D eigenvalue weighted by Gasteiger charge is -2.18. The third kappa shape index (κ3) is 4.23. The fourth-order valence-corrected chi connectivity index (χ4v) is 1.52. The molecule has 0 aliphatic rings. The lowest BCUT2D eigenvalue weighted by Crippen LogP contribution is -2.46. The lowest BCUT2D eigenvalue weighted by molar-refractivity contribution is -0.384. The van der Waals surface area contributed by atoms with Crippen LogP contribution < -0.4 is 10.6 Å². The number of hydrogen-bond acceptors (Lipinski definition) is 4. The number of nitrogens with one attached hydrogen (secondary N) is 2. The molecule has 0 saturated heterocycles. The van der Waals surface area contributed by atoms with Gasteiger partial charge in [-0.2, -0.15) is 0 Å². The van der Waals surface area contributed by atoms with Crippen LogP contribution in [0.1, 0.15) is 13.8 Å². The van der Waals surface area contributed by atoms with E-state index in [1.807, 2.05) is 0 Å². The Kier molecular flexibility index (Phi) is 5.01. The number of carbonyl (C=O) groups excluding carboxylic acids is 1. The molecular weight excluding hydrogens is 266 g/mol. The van der Waals surface area contributed by atoms with E-state index in [1.54, 1.807) is 13.8 Å². The van der Waals surface area contributed by atoms with E-state index in [9.17, 15) is 19.7 Å². The highest BCUT2D eigenvalue weighted by atomic mass is 16.6. The minimum atomic E-state index is -1.14. The Morgan fingerprint density at radius 2 is 2.00 bits per heavy atom. The maximum atomic E-state index is 11.7. The largest absolute Gasteiger partial charge is 0.480 e. The molecule has 2 amide bonds. The van der Waals surface area contributed by atoms with Crippen LogP contribution in [0, 0.1) is 16.0 Å². The summed E-state index contributed by atoms with van der Waals surface area (Å²) in [6, 6.07) is 3.60. The van der Waals surface area contributed by atoms with E-state index < -0.39 is 23.0 Å². The average molecular weight is 281 g/mol. The SMILES string of the molecule is CC(C)[C@@H](NC(=O)Nc1cccc([N+](=O)[O-])c1)C(=O)O. The molecule has 1 atom stereocenters. The quantitative estimate of drug-likeness (QED) is 0.561. The van der Waals surface area contributed by atoms with Gasteiger partial charge in [-0.15, -0.1) is 0 Å². The fourth-order valence-electron chi connectivity index (χ4n) is 1.52. The summed E-state index contributed by atoms with van der Waals surface area (Å²) in [6.07, 6.45) is 0. The van der Waals surface area contributed by atoms with Crippen molar-refractivity contribution in [3.63, 3.8) is 0 Å². The van der Waals surface area contributed by atoms with Crippen LogP contribution in [0.2, 0.25) is 0 Å². The summed E-state index contributed by atoms with van der Waals surface area (Å²) in [4.78, 5) is 32.6. The van der Waals surface area contributed by atoms with Gasteiger partial charge in [-0.1, -0.05) is 19.9 Å². The standard InChI is InChI=1S/C12H15N3O5/c1-7(2)10(11(16)17)14-12(18)13-8-4-3-5-9(6-8)15(19)20/h3-7,10H,1-2H3,(H,16,17)(H2,13,14,18)/t10-/m1/s1. The zero-order valence-electron chi connectivity index (χ0n) is 11.0. The fraction of sp³-hybridized carbons (Fsp3) is 0.333. The molecule has 8 heteroatoms. The molecule has 0 bridgehead atoms. The van der Waals surface area contributed by atoms with Gasteiger partial charge in [0.15, 0.2) is 0 Å². The van der Waals surface area contributed by atoms with E-state index >= 15 is 0 Å². The molecule has 0 aliphatic heterocycles. The first kappa shape index (κ1) is 15.4. The van der Waals surface area contributed by atoms with Crippen molar-refractivity contribution in [2.75, 3.05) is 5.32 Å². The molecule has 3 N–H and O–H groups in total. The van der Waals surface area contributed by atoms with Crippen LogP contribution in [0.25, 0.3) is 0 Å².